The molecule has 1 amide bonds. The van der Waals surface area contributed by atoms with Crippen LogP contribution in [0.15, 0.2) is 29.0 Å². The number of nitrogens with zero attached hydrogens (tertiary/aromatic N) is 1. The van der Waals surface area contributed by atoms with E-state index >= 15 is 0 Å². The van der Waals surface area contributed by atoms with E-state index in [-0.39, 0.29) is 12.2 Å². The summed E-state index contributed by atoms with van der Waals surface area (Å²) in [5.74, 6) is -0.168. The maximum absolute atomic E-state index is 12.0. The second-order valence-electron chi connectivity index (χ2n) is 4.23. The Balaban J connectivity index is 2.15. The third-order valence-corrected chi connectivity index (χ3v) is 3.26. The molecule has 0 fully saturated rings. The van der Waals surface area contributed by atoms with Gasteiger partial charge in [0.1, 0.15) is 0 Å². The van der Waals surface area contributed by atoms with Crippen LogP contribution in [-0.4, -0.2) is 10.9 Å². The molecule has 2 heterocycles. The van der Waals surface area contributed by atoms with Crippen molar-refractivity contribution < 1.29 is 9.86 Å². The van der Waals surface area contributed by atoms with Gasteiger partial charge in [0.2, 0.25) is 5.82 Å². The first kappa shape index (κ1) is 12.9. The summed E-state index contributed by atoms with van der Waals surface area (Å²) in [6.07, 6.45) is 0.150. The van der Waals surface area contributed by atoms with Crippen LogP contribution < -0.4 is 5.06 Å². The van der Waals surface area contributed by atoms with Crippen LogP contribution in [0.1, 0.15) is 16.8 Å². The lowest BCUT2D eigenvalue weighted by atomic mass is 10.2. The fourth-order valence-electron chi connectivity index (χ4n) is 1.76. The lowest BCUT2D eigenvalue weighted by Crippen LogP contribution is -3.05. The van der Waals surface area contributed by atoms with E-state index in [0.29, 0.717) is 0 Å². The molecule has 0 saturated carbocycles. The van der Waals surface area contributed by atoms with Crippen LogP contribution in [0.3, 0.4) is 0 Å². The molecule has 1 unspecified atom stereocenters. The number of thiophene rings is 1. The number of pyridine rings is 1. The predicted octanol–water partition coefficient (Wildman–Crippen LogP) is 1.54. The Labute approximate surface area is 109 Å². The van der Waals surface area contributed by atoms with Gasteiger partial charge in [-0.2, -0.15) is 11.3 Å². The minimum Gasteiger partial charge on any atom is -0.620 e. The van der Waals surface area contributed by atoms with E-state index in [9.17, 15) is 10.0 Å². The third-order valence-electron chi connectivity index (χ3n) is 2.53. The molecule has 2 rings (SSSR count). The molecular formula is C13H14N2O2S. The summed E-state index contributed by atoms with van der Waals surface area (Å²) in [6.45, 7) is 3.70. The zero-order chi connectivity index (χ0) is 13.1. The molecule has 0 saturated heterocycles. The molecule has 94 valence electrons. The minimum absolute atomic E-state index is 0.150. The Morgan fingerprint density at radius 3 is 2.83 bits per heavy atom. The van der Waals surface area contributed by atoms with Crippen molar-refractivity contribution in [1.29, 1.82) is 0 Å². The molecule has 2 aromatic heterocycles. The Morgan fingerprint density at radius 1 is 1.44 bits per heavy atom. The SMILES string of the molecule is Cc1cc(C)nc([NH+]([O-])C(=O)Cc2ccsc2)c1. The number of hydroxylamine groups is 1. The molecular weight excluding hydrogens is 248 g/mol. The third kappa shape index (κ3) is 3.01. The molecule has 0 bridgehead atoms. The summed E-state index contributed by atoms with van der Waals surface area (Å²) in [5, 5.41) is 15.2. The van der Waals surface area contributed by atoms with Gasteiger partial charge in [-0.05, 0) is 47.9 Å². The average molecular weight is 262 g/mol. The quantitative estimate of drug-likeness (QED) is 0.854. The van der Waals surface area contributed by atoms with E-state index in [1.54, 1.807) is 6.07 Å². The maximum Gasteiger partial charge on any atom is 0.322 e. The Morgan fingerprint density at radius 2 is 2.22 bits per heavy atom. The number of rotatable bonds is 3. The number of quaternary nitrogens is 1. The molecule has 5 heteroatoms. The summed E-state index contributed by atoms with van der Waals surface area (Å²) >= 11 is 1.51. The molecule has 1 atom stereocenters. The van der Waals surface area contributed by atoms with Crippen molar-refractivity contribution in [1.82, 2.24) is 4.98 Å². The molecule has 1 N–H and O–H groups in total. The highest BCUT2D eigenvalue weighted by atomic mass is 32.1. The van der Waals surface area contributed by atoms with E-state index in [4.69, 9.17) is 0 Å². The first-order chi connectivity index (χ1) is 8.56. The van der Waals surface area contributed by atoms with Crippen molar-refractivity contribution in [2.24, 2.45) is 0 Å². The molecule has 0 aliphatic rings. The lowest BCUT2D eigenvalue weighted by Gasteiger charge is -2.18. The van der Waals surface area contributed by atoms with Crippen LogP contribution in [-0.2, 0) is 11.2 Å². The van der Waals surface area contributed by atoms with Crippen LogP contribution in [0.5, 0.6) is 0 Å². The number of carbonyl (C=O) groups excluding carboxylic acids is 1. The standard InChI is InChI=1S/C13H14N2O2S/c1-9-5-10(2)14-12(6-9)15(17)13(16)7-11-3-4-18-8-11/h3-6,8,15H,7H2,1-2H3. The van der Waals surface area contributed by atoms with Gasteiger partial charge < -0.3 is 5.21 Å². The fourth-order valence-corrected chi connectivity index (χ4v) is 2.43. The number of carbonyl (C=O) groups is 1. The second kappa shape index (κ2) is 5.39. The molecule has 0 aromatic carbocycles. The van der Waals surface area contributed by atoms with Crippen LogP contribution in [0.25, 0.3) is 0 Å². The van der Waals surface area contributed by atoms with Gasteiger partial charge in [-0.1, -0.05) is 0 Å². The summed E-state index contributed by atoms with van der Waals surface area (Å²) in [5.41, 5.74) is 2.57. The van der Waals surface area contributed by atoms with Crippen molar-refractivity contribution in [3.8, 4) is 0 Å². The monoisotopic (exact) mass is 262 g/mol. The van der Waals surface area contributed by atoms with E-state index < -0.39 is 11.0 Å². The van der Waals surface area contributed by atoms with Crippen molar-refractivity contribution in [3.05, 3.63) is 51.0 Å². The molecule has 0 aliphatic carbocycles. The predicted molar refractivity (Wildman–Crippen MR) is 70.7 cm³/mol. The number of hydrogen-bond donors (Lipinski definition) is 1. The molecule has 2 aromatic rings. The van der Waals surface area contributed by atoms with Gasteiger partial charge in [-0.3, -0.25) is 5.06 Å². The second-order valence-corrected chi connectivity index (χ2v) is 5.01. The van der Waals surface area contributed by atoms with Gasteiger partial charge in [0.05, 0.1) is 6.42 Å². The van der Waals surface area contributed by atoms with Gasteiger partial charge >= 0.3 is 5.91 Å². The highest BCUT2D eigenvalue weighted by Crippen LogP contribution is 2.07. The zero-order valence-corrected chi connectivity index (χ0v) is 11.1. The van der Waals surface area contributed by atoms with Crippen LogP contribution in [0.2, 0.25) is 0 Å². The largest absolute Gasteiger partial charge is 0.620 e. The number of nitrogens with one attached hydrogen (secondary N) is 1. The van der Waals surface area contributed by atoms with Gasteiger partial charge in [0, 0.05) is 11.8 Å². The Bertz CT molecular complexity index is 532. The highest BCUT2D eigenvalue weighted by molar-refractivity contribution is 7.07. The molecule has 0 radical (unpaired) electrons. The smallest absolute Gasteiger partial charge is 0.322 e. The van der Waals surface area contributed by atoms with Crippen molar-refractivity contribution >= 4 is 23.1 Å². The van der Waals surface area contributed by atoms with E-state index in [1.165, 1.54) is 11.3 Å². The average Bonchev–Trinajstić information content (AvgIpc) is 2.79. The van der Waals surface area contributed by atoms with Gasteiger partial charge in [0.15, 0.2) is 0 Å². The van der Waals surface area contributed by atoms with Crippen LogP contribution >= 0.6 is 11.3 Å². The molecule has 0 aliphatic heterocycles. The normalized spacial score (nSPS) is 12.4. The van der Waals surface area contributed by atoms with Gasteiger partial charge in [-0.25, -0.2) is 9.78 Å². The number of amides is 1. The Hall–Kier alpha value is -1.56. The van der Waals surface area contributed by atoms with Crippen molar-refractivity contribution in [2.45, 2.75) is 20.3 Å². The minimum atomic E-state index is -0.506. The van der Waals surface area contributed by atoms with Gasteiger partial charge in [-0.15, -0.1) is 0 Å². The maximum atomic E-state index is 12.0. The van der Waals surface area contributed by atoms with Crippen molar-refractivity contribution in [2.75, 3.05) is 0 Å². The topological polar surface area (TPSA) is 57.5 Å². The molecule has 0 spiro atoms. The van der Waals surface area contributed by atoms with E-state index in [1.807, 2.05) is 36.7 Å². The number of hydrogen-bond acceptors (Lipinski definition) is 4. The van der Waals surface area contributed by atoms with Crippen LogP contribution in [0, 0.1) is 19.1 Å². The van der Waals surface area contributed by atoms with Crippen LogP contribution in [0.4, 0.5) is 5.82 Å². The molecule has 4 nitrogen and oxygen atoms in total. The van der Waals surface area contributed by atoms with E-state index in [2.05, 4.69) is 4.98 Å². The van der Waals surface area contributed by atoms with Gasteiger partial charge in [0.25, 0.3) is 0 Å². The number of aryl methyl sites for hydroxylation is 2. The number of aromatic nitrogens is 1. The first-order valence-corrected chi connectivity index (χ1v) is 6.54. The Kier molecular flexibility index (Phi) is 3.86. The van der Waals surface area contributed by atoms with Crippen molar-refractivity contribution in [3.63, 3.8) is 0 Å². The fraction of sp³-hybridized carbons (Fsp3) is 0.231. The summed E-state index contributed by atoms with van der Waals surface area (Å²) in [4.78, 5) is 16.0. The summed E-state index contributed by atoms with van der Waals surface area (Å²) < 4.78 is 0. The molecule has 18 heavy (non-hydrogen) atoms. The lowest BCUT2D eigenvalue weighted by molar-refractivity contribution is -0.692. The zero-order valence-electron chi connectivity index (χ0n) is 10.3. The van der Waals surface area contributed by atoms with E-state index in [0.717, 1.165) is 16.8 Å². The first-order valence-electron chi connectivity index (χ1n) is 5.60. The highest BCUT2D eigenvalue weighted by Gasteiger charge is 2.16. The summed E-state index contributed by atoms with van der Waals surface area (Å²) in [6, 6.07) is 5.38. The summed E-state index contributed by atoms with van der Waals surface area (Å²) in [7, 11) is 0.